The molecule has 1 rings (SSSR count). The predicted octanol–water partition coefficient (Wildman–Crippen LogP) is 3.68. The van der Waals surface area contributed by atoms with Gasteiger partial charge in [0, 0.05) is 17.9 Å². The fourth-order valence-corrected chi connectivity index (χ4v) is 1.72. The number of phenolic OH excluding ortho intramolecular Hbond substituents is 1. The van der Waals surface area contributed by atoms with Gasteiger partial charge in [0.15, 0.2) is 5.78 Å². The SMILES string of the molecule is Cc1cc(C(=O)CCCCCCl)ccc1O. The summed E-state index contributed by atoms with van der Waals surface area (Å²) in [4.78, 5) is 11.8. The molecule has 0 atom stereocenters. The Hall–Kier alpha value is -1.02. The van der Waals surface area contributed by atoms with Crippen molar-refractivity contribution in [1.29, 1.82) is 0 Å². The molecule has 0 saturated carbocycles. The summed E-state index contributed by atoms with van der Waals surface area (Å²) in [5.74, 6) is 1.03. The van der Waals surface area contributed by atoms with Gasteiger partial charge in [-0.05, 0) is 43.5 Å². The van der Waals surface area contributed by atoms with Crippen molar-refractivity contribution in [2.75, 3.05) is 5.88 Å². The first-order chi connectivity index (χ1) is 7.65. The summed E-state index contributed by atoms with van der Waals surface area (Å²) in [5.41, 5.74) is 1.42. The number of unbranched alkanes of at least 4 members (excludes halogenated alkanes) is 2. The van der Waals surface area contributed by atoms with E-state index in [0.29, 0.717) is 17.9 Å². The first-order valence-electron chi connectivity index (χ1n) is 5.54. The molecule has 0 spiro atoms. The van der Waals surface area contributed by atoms with Gasteiger partial charge in [-0.25, -0.2) is 0 Å². The van der Waals surface area contributed by atoms with Crippen molar-refractivity contribution in [2.45, 2.75) is 32.6 Å². The zero-order valence-electron chi connectivity index (χ0n) is 9.50. The Labute approximate surface area is 101 Å². The van der Waals surface area contributed by atoms with Crippen LogP contribution in [0, 0.1) is 6.92 Å². The van der Waals surface area contributed by atoms with Crippen molar-refractivity contribution in [2.24, 2.45) is 0 Å². The molecule has 3 heteroatoms. The molecule has 16 heavy (non-hydrogen) atoms. The van der Waals surface area contributed by atoms with Gasteiger partial charge in [-0.2, -0.15) is 0 Å². The second-order valence-electron chi connectivity index (χ2n) is 3.92. The van der Waals surface area contributed by atoms with Crippen molar-refractivity contribution >= 4 is 17.4 Å². The number of aromatic hydroxyl groups is 1. The second-order valence-corrected chi connectivity index (χ2v) is 4.30. The zero-order valence-corrected chi connectivity index (χ0v) is 10.3. The molecule has 1 aromatic rings. The molecule has 2 nitrogen and oxygen atoms in total. The smallest absolute Gasteiger partial charge is 0.162 e. The number of benzene rings is 1. The number of Topliss-reactive ketones (excluding diaryl/α,β-unsaturated/α-hetero) is 1. The molecule has 0 saturated heterocycles. The number of alkyl halides is 1. The minimum absolute atomic E-state index is 0.137. The summed E-state index contributed by atoms with van der Waals surface area (Å²) in [5, 5.41) is 9.35. The molecule has 1 N–H and O–H groups in total. The van der Waals surface area contributed by atoms with Crippen molar-refractivity contribution in [3.63, 3.8) is 0 Å². The summed E-state index contributed by atoms with van der Waals surface area (Å²) in [7, 11) is 0. The average molecular weight is 241 g/mol. The molecule has 0 aromatic heterocycles. The molecule has 88 valence electrons. The van der Waals surface area contributed by atoms with Gasteiger partial charge in [-0.3, -0.25) is 4.79 Å². The van der Waals surface area contributed by atoms with Crippen LogP contribution in [0.1, 0.15) is 41.6 Å². The minimum atomic E-state index is 0.137. The Kier molecular flexibility index (Phi) is 5.33. The highest BCUT2D eigenvalue weighted by Crippen LogP contribution is 2.18. The number of ketones is 1. The van der Waals surface area contributed by atoms with Crippen LogP contribution >= 0.6 is 11.6 Å². The predicted molar refractivity (Wildman–Crippen MR) is 66.4 cm³/mol. The van der Waals surface area contributed by atoms with Gasteiger partial charge < -0.3 is 5.11 Å². The maximum absolute atomic E-state index is 11.8. The quantitative estimate of drug-likeness (QED) is 0.468. The van der Waals surface area contributed by atoms with E-state index in [2.05, 4.69) is 0 Å². The number of carbonyl (C=O) groups is 1. The molecule has 0 aliphatic rings. The molecular weight excluding hydrogens is 224 g/mol. The first kappa shape index (κ1) is 13.0. The van der Waals surface area contributed by atoms with E-state index in [1.165, 1.54) is 0 Å². The van der Waals surface area contributed by atoms with Gasteiger partial charge in [0.05, 0.1) is 0 Å². The molecule has 0 bridgehead atoms. The summed E-state index contributed by atoms with van der Waals surface area (Å²) < 4.78 is 0. The lowest BCUT2D eigenvalue weighted by atomic mass is 10.0. The molecule has 0 aliphatic heterocycles. The zero-order chi connectivity index (χ0) is 12.0. The minimum Gasteiger partial charge on any atom is -0.508 e. The first-order valence-corrected chi connectivity index (χ1v) is 6.07. The maximum Gasteiger partial charge on any atom is 0.162 e. The Bertz CT molecular complexity index is 361. The highest BCUT2D eigenvalue weighted by molar-refractivity contribution is 6.17. The van der Waals surface area contributed by atoms with Crippen LogP contribution in [0.25, 0.3) is 0 Å². The Morgan fingerprint density at radius 1 is 1.31 bits per heavy atom. The van der Waals surface area contributed by atoms with Gasteiger partial charge >= 0.3 is 0 Å². The maximum atomic E-state index is 11.8. The molecule has 0 radical (unpaired) electrons. The van der Waals surface area contributed by atoms with Crippen molar-refractivity contribution in [3.8, 4) is 5.75 Å². The largest absolute Gasteiger partial charge is 0.508 e. The van der Waals surface area contributed by atoms with Crippen LogP contribution in [0.3, 0.4) is 0 Å². The van der Waals surface area contributed by atoms with E-state index in [4.69, 9.17) is 11.6 Å². The number of carbonyl (C=O) groups excluding carboxylic acids is 1. The molecule has 0 unspecified atom stereocenters. The third-order valence-electron chi connectivity index (χ3n) is 2.56. The number of aryl methyl sites for hydroxylation is 1. The van der Waals surface area contributed by atoms with E-state index in [-0.39, 0.29) is 11.5 Å². The van der Waals surface area contributed by atoms with Crippen LogP contribution in [0.2, 0.25) is 0 Å². The van der Waals surface area contributed by atoms with Crippen molar-refractivity contribution < 1.29 is 9.90 Å². The summed E-state index contributed by atoms with van der Waals surface area (Å²) >= 11 is 5.56. The molecular formula is C13H17ClO2. The van der Waals surface area contributed by atoms with Gasteiger partial charge in [-0.1, -0.05) is 6.42 Å². The van der Waals surface area contributed by atoms with Gasteiger partial charge in [0.2, 0.25) is 0 Å². The topological polar surface area (TPSA) is 37.3 Å². The van der Waals surface area contributed by atoms with Crippen LogP contribution in [0.5, 0.6) is 5.75 Å². The Balaban J connectivity index is 2.50. The lowest BCUT2D eigenvalue weighted by Gasteiger charge is -2.03. The van der Waals surface area contributed by atoms with Crippen LogP contribution in [0.4, 0.5) is 0 Å². The third kappa shape index (κ3) is 3.86. The van der Waals surface area contributed by atoms with Crippen molar-refractivity contribution in [3.05, 3.63) is 29.3 Å². The lowest BCUT2D eigenvalue weighted by molar-refractivity contribution is 0.0979. The number of halogens is 1. The molecule has 0 fully saturated rings. The number of rotatable bonds is 6. The van der Waals surface area contributed by atoms with E-state index in [1.807, 2.05) is 0 Å². The van der Waals surface area contributed by atoms with Crippen molar-refractivity contribution in [1.82, 2.24) is 0 Å². The summed E-state index contributed by atoms with van der Waals surface area (Å²) in [6.45, 7) is 1.79. The number of hydrogen-bond donors (Lipinski definition) is 1. The van der Waals surface area contributed by atoms with Crippen LogP contribution < -0.4 is 0 Å². The average Bonchev–Trinajstić information content (AvgIpc) is 2.28. The highest BCUT2D eigenvalue weighted by atomic mass is 35.5. The second kappa shape index (κ2) is 6.54. The van der Waals surface area contributed by atoms with E-state index in [1.54, 1.807) is 25.1 Å². The van der Waals surface area contributed by atoms with E-state index >= 15 is 0 Å². The third-order valence-corrected chi connectivity index (χ3v) is 2.82. The molecule has 0 aliphatic carbocycles. The van der Waals surface area contributed by atoms with E-state index < -0.39 is 0 Å². The van der Waals surface area contributed by atoms with Crippen LogP contribution in [-0.4, -0.2) is 16.8 Å². The molecule has 0 amide bonds. The standard InChI is InChI=1S/C13H17ClO2/c1-10-9-11(6-7-12(10)15)13(16)5-3-2-4-8-14/h6-7,9,15H,2-5,8H2,1H3. The molecule has 1 aromatic carbocycles. The van der Waals surface area contributed by atoms with Gasteiger partial charge in [0.25, 0.3) is 0 Å². The lowest BCUT2D eigenvalue weighted by Crippen LogP contribution is -1.99. The van der Waals surface area contributed by atoms with E-state index in [9.17, 15) is 9.90 Å². The number of hydrogen-bond acceptors (Lipinski definition) is 2. The molecule has 0 heterocycles. The number of phenols is 1. The normalized spacial score (nSPS) is 10.4. The fourth-order valence-electron chi connectivity index (χ4n) is 1.53. The summed E-state index contributed by atoms with van der Waals surface area (Å²) in [6, 6.07) is 4.98. The monoisotopic (exact) mass is 240 g/mol. The van der Waals surface area contributed by atoms with Gasteiger partial charge in [-0.15, -0.1) is 11.6 Å². The Morgan fingerprint density at radius 2 is 2.06 bits per heavy atom. The van der Waals surface area contributed by atoms with Crippen LogP contribution in [0.15, 0.2) is 18.2 Å². The van der Waals surface area contributed by atoms with Gasteiger partial charge in [0.1, 0.15) is 5.75 Å². The Morgan fingerprint density at radius 3 is 2.69 bits per heavy atom. The fraction of sp³-hybridized carbons (Fsp3) is 0.462. The van der Waals surface area contributed by atoms with Crippen LogP contribution in [-0.2, 0) is 0 Å². The van der Waals surface area contributed by atoms with E-state index in [0.717, 1.165) is 24.8 Å². The highest BCUT2D eigenvalue weighted by Gasteiger charge is 2.07. The summed E-state index contributed by atoms with van der Waals surface area (Å²) in [6.07, 6.45) is 3.39.